The van der Waals surface area contributed by atoms with Crippen LogP contribution in [0.15, 0.2) is 150 Å². The summed E-state index contributed by atoms with van der Waals surface area (Å²) in [6.07, 6.45) is 0. The summed E-state index contributed by atoms with van der Waals surface area (Å²) in [6, 6.07) is 52.8. The van der Waals surface area contributed by atoms with Crippen LogP contribution in [0, 0.1) is 0 Å². The van der Waals surface area contributed by atoms with Gasteiger partial charge >= 0.3 is 0 Å². The van der Waals surface area contributed by atoms with E-state index in [9.17, 15) is 0 Å². The zero-order valence-corrected chi connectivity index (χ0v) is 22.3. The van der Waals surface area contributed by atoms with E-state index in [1.807, 2.05) is 0 Å². The van der Waals surface area contributed by atoms with Crippen LogP contribution in [0.5, 0.6) is 0 Å². The third kappa shape index (κ3) is 3.49. The van der Waals surface area contributed by atoms with Crippen molar-refractivity contribution in [2.75, 3.05) is 0 Å². The van der Waals surface area contributed by atoms with E-state index in [1.165, 1.54) is 65.3 Å². The highest BCUT2D eigenvalue weighted by molar-refractivity contribution is 6.11. The molecule has 0 saturated carbocycles. The third-order valence-electron chi connectivity index (χ3n) is 8.63. The Morgan fingerprint density at radius 3 is 1.17 bits per heavy atom. The lowest BCUT2D eigenvalue weighted by atomic mass is 9.95. The van der Waals surface area contributed by atoms with Crippen molar-refractivity contribution >= 4 is 65.0 Å². The van der Waals surface area contributed by atoms with Crippen molar-refractivity contribution in [1.29, 1.82) is 0 Å². The van der Waals surface area contributed by atoms with E-state index in [1.54, 1.807) is 0 Å². The summed E-state index contributed by atoms with van der Waals surface area (Å²) in [6.45, 7) is 0. The van der Waals surface area contributed by atoms with Gasteiger partial charge in [-0.15, -0.1) is 0 Å². The van der Waals surface area contributed by atoms with Crippen LogP contribution in [-0.2, 0) is 0 Å². The average molecular weight is 521 g/mol. The minimum atomic E-state index is 0.915. The molecule has 0 fully saturated rings. The Balaban J connectivity index is 1.17. The fourth-order valence-electron chi connectivity index (χ4n) is 6.52. The summed E-state index contributed by atoms with van der Waals surface area (Å²) in [4.78, 5) is 0. The lowest BCUT2D eigenvalue weighted by Crippen LogP contribution is -1.82. The van der Waals surface area contributed by atoms with Crippen molar-refractivity contribution in [3.8, 4) is 22.3 Å². The fraction of sp³-hybridized carbons (Fsp3) is 0. The zero-order valence-electron chi connectivity index (χ0n) is 22.3. The molecule has 0 radical (unpaired) electrons. The van der Waals surface area contributed by atoms with Crippen LogP contribution >= 0.6 is 0 Å². The number of rotatable bonds is 2. The average Bonchev–Trinajstić information content (AvgIpc) is 3.41. The van der Waals surface area contributed by atoms with Crippen LogP contribution < -0.4 is 0 Å². The molecule has 0 aliphatic rings. The molecule has 0 bridgehead atoms. The first-order valence-corrected chi connectivity index (χ1v) is 14.1. The first-order valence-electron chi connectivity index (χ1n) is 14.1. The summed E-state index contributed by atoms with van der Waals surface area (Å²) in [7, 11) is 0. The van der Waals surface area contributed by atoms with Crippen molar-refractivity contribution < 1.29 is 4.42 Å². The molecule has 1 aromatic heterocycles. The Hall–Kier alpha value is -5.40. The lowest BCUT2D eigenvalue weighted by Gasteiger charge is -2.08. The van der Waals surface area contributed by atoms with Crippen molar-refractivity contribution in [3.63, 3.8) is 0 Å². The normalized spacial score (nSPS) is 11.9. The number of hydrogen-bond acceptors (Lipinski definition) is 1. The van der Waals surface area contributed by atoms with Gasteiger partial charge in [0.25, 0.3) is 0 Å². The van der Waals surface area contributed by atoms with Crippen LogP contribution in [-0.4, -0.2) is 0 Å². The van der Waals surface area contributed by atoms with Crippen LogP contribution in [0.25, 0.3) is 87.3 Å². The fourth-order valence-corrected chi connectivity index (χ4v) is 6.52. The molecular formula is C40H24O. The predicted octanol–water partition coefficient (Wildman–Crippen LogP) is 11.5. The SMILES string of the molecule is c1ccc2c(c1)ccc1cc(-c3ccc4oc5ccc(-c6ccc7c(ccc8ccccc87)c6)cc5c4c3)ccc12. The third-order valence-corrected chi connectivity index (χ3v) is 8.63. The molecular weight excluding hydrogens is 496 g/mol. The van der Waals surface area contributed by atoms with E-state index < -0.39 is 0 Å². The van der Waals surface area contributed by atoms with Gasteiger partial charge in [0.1, 0.15) is 11.2 Å². The summed E-state index contributed by atoms with van der Waals surface area (Å²) in [5.74, 6) is 0. The highest BCUT2D eigenvalue weighted by atomic mass is 16.3. The standard InChI is InChI=1S/C40H24O/c1-3-7-33-25(5-1)9-11-31-21-27(13-17-35(31)33)29-15-19-39-37(23-29)38-24-30(16-20-40(38)41-39)28-14-18-36-32(22-28)12-10-26-6-2-4-8-34(26)36/h1-24H. The van der Waals surface area contributed by atoms with Gasteiger partial charge in [-0.2, -0.15) is 0 Å². The topological polar surface area (TPSA) is 13.1 Å². The highest BCUT2D eigenvalue weighted by Crippen LogP contribution is 2.37. The van der Waals surface area contributed by atoms with Gasteiger partial charge in [0.15, 0.2) is 0 Å². The molecule has 190 valence electrons. The second-order valence-corrected chi connectivity index (χ2v) is 11.0. The van der Waals surface area contributed by atoms with Crippen molar-refractivity contribution in [3.05, 3.63) is 146 Å². The molecule has 8 aromatic carbocycles. The largest absolute Gasteiger partial charge is 0.456 e. The van der Waals surface area contributed by atoms with E-state index in [-0.39, 0.29) is 0 Å². The van der Waals surface area contributed by atoms with Gasteiger partial charge in [-0.05, 0) is 102 Å². The minimum absolute atomic E-state index is 0.915. The molecule has 9 aromatic rings. The molecule has 0 unspecified atom stereocenters. The van der Waals surface area contributed by atoms with E-state index >= 15 is 0 Å². The number of fused-ring (bicyclic) bond motifs is 9. The first-order chi connectivity index (χ1) is 20.3. The second-order valence-electron chi connectivity index (χ2n) is 11.0. The molecule has 1 heteroatoms. The maximum atomic E-state index is 6.27. The van der Waals surface area contributed by atoms with Crippen LogP contribution in [0.1, 0.15) is 0 Å². The van der Waals surface area contributed by atoms with E-state index in [0.29, 0.717) is 0 Å². The van der Waals surface area contributed by atoms with Gasteiger partial charge in [-0.3, -0.25) is 0 Å². The molecule has 41 heavy (non-hydrogen) atoms. The molecule has 1 nitrogen and oxygen atoms in total. The van der Waals surface area contributed by atoms with Gasteiger partial charge < -0.3 is 4.42 Å². The Morgan fingerprint density at radius 2 is 0.659 bits per heavy atom. The lowest BCUT2D eigenvalue weighted by molar-refractivity contribution is 0.669. The van der Waals surface area contributed by atoms with E-state index in [4.69, 9.17) is 4.42 Å². The summed E-state index contributed by atoms with van der Waals surface area (Å²) in [5.41, 5.74) is 6.63. The van der Waals surface area contributed by atoms with E-state index in [2.05, 4.69) is 146 Å². The zero-order chi connectivity index (χ0) is 26.9. The molecule has 0 saturated heterocycles. The number of hydrogen-bond donors (Lipinski definition) is 0. The van der Waals surface area contributed by atoms with Crippen molar-refractivity contribution in [2.45, 2.75) is 0 Å². The Labute approximate surface area is 236 Å². The summed E-state index contributed by atoms with van der Waals surface area (Å²) in [5, 5.41) is 12.5. The summed E-state index contributed by atoms with van der Waals surface area (Å²) < 4.78 is 6.27. The monoisotopic (exact) mass is 520 g/mol. The molecule has 0 aliphatic heterocycles. The Kier molecular flexibility index (Phi) is 4.67. The first kappa shape index (κ1) is 22.4. The van der Waals surface area contributed by atoms with E-state index in [0.717, 1.165) is 21.9 Å². The smallest absolute Gasteiger partial charge is 0.135 e. The van der Waals surface area contributed by atoms with Crippen LogP contribution in [0.2, 0.25) is 0 Å². The number of benzene rings is 8. The molecule has 0 aliphatic carbocycles. The quantitative estimate of drug-likeness (QED) is 0.207. The summed E-state index contributed by atoms with van der Waals surface area (Å²) >= 11 is 0. The van der Waals surface area contributed by atoms with Gasteiger partial charge in [0.2, 0.25) is 0 Å². The van der Waals surface area contributed by atoms with Gasteiger partial charge in [-0.25, -0.2) is 0 Å². The maximum absolute atomic E-state index is 6.27. The van der Waals surface area contributed by atoms with Crippen LogP contribution in [0.3, 0.4) is 0 Å². The Morgan fingerprint density at radius 1 is 0.268 bits per heavy atom. The maximum Gasteiger partial charge on any atom is 0.135 e. The molecule has 0 N–H and O–H groups in total. The molecule has 0 spiro atoms. The van der Waals surface area contributed by atoms with Gasteiger partial charge in [-0.1, -0.05) is 109 Å². The Bertz CT molecular complexity index is 2300. The minimum Gasteiger partial charge on any atom is -0.456 e. The van der Waals surface area contributed by atoms with Crippen LogP contribution in [0.4, 0.5) is 0 Å². The van der Waals surface area contributed by atoms with Crippen molar-refractivity contribution in [2.24, 2.45) is 0 Å². The second kappa shape index (κ2) is 8.55. The molecule has 0 atom stereocenters. The predicted molar refractivity (Wildman–Crippen MR) is 175 cm³/mol. The molecule has 9 rings (SSSR count). The highest BCUT2D eigenvalue weighted by Gasteiger charge is 2.12. The van der Waals surface area contributed by atoms with Gasteiger partial charge in [0, 0.05) is 10.8 Å². The molecule has 0 amide bonds. The van der Waals surface area contributed by atoms with Gasteiger partial charge in [0.05, 0.1) is 0 Å². The number of furan rings is 1. The van der Waals surface area contributed by atoms with Crippen molar-refractivity contribution in [1.82, 2.24) is 0 Å². The molecule has 1 heterocycles.